The highest BCUT2D eigenvalue weighted by Gasteiger charge is 2.37. The summed E-state index contributed by atoms with van der Waals surface area (Å²) in [7, 11) is 0. The molecule has 1 spiro atoms. The van der Waals surface area contributed by atoms with E-state index >= 15 is 0 Å². The van der Waals surface area contributed by atoms with Gasteiger partial charge in [0, 0.05) is 31.8 Å². The highest BCUT2D eigenvalue weighted by Crippen LogP contribution is 2.37. The number of nitrogens with one attached hydrogen (secondary N) is 1. The fourth-order valence-electron chi connectivity index (χ4n) is 3.58. The van der Waals surface area contributed by atoms with E-state index < -0.39 is 11.6 Å². The summed E-state index contributed by atoms with van der Waals surface area (Å²) in [4.78, 5) is 10.9. The zero-order chi connectivity index (χ0) is 15.2. The summed E-state index contributed by atoms with van der Waals surface area (Å²) in [6.07, 6.45) is 5.17. The van der Waals surface area contributed by atoms with Gasteiger partial charge in [-0.05, 0) is 31.2 Å². The molecular weight excluding hydrogens is 286 g/mol. The van der Waals surface area contributed by atoms with Gasteiger partial charge in [-0.15, -0.1) is 0 Å². The first-order valence-electron chi connectivity index (χ1n) is 7.73. The minimum Gasteiger partial charge on any atom is -0.355 e. The SMILES string of the molecule is Fc1cc2ncc(N3CCC4(CCNC4)CC3)nc2cc1F. The van der Waals surface area contributed by atoms with Crippen molar-refractivity contribution in [3.63, 3.8) is 0 Å². The Hall–Kier alpha value is -1.82. The Morgan fingerprint density at radius 1 is 1.05 bits per heavy atom. The van der Waals surface area contributed by atoms with Gasteiger partial charge in [-0.3, -0.25) is 4.98 Å². The van der Waals surface area contributed by atoms with Gasteiger partial charge in [0.05, 0.1) is 17.2 Å². The van der Waals surface area contributed by atoms with Gasteiger partial charge in [0.25, 0.3) is 0 Å². The van der Waals surface area contributed by atoms with Crippen LogP contribution in [0.25, 0.3) is 11.0 Å². The van der Waals surface area contributed by atoms with E-state index in [2.05, 4.69) is 20.2 Å². The smallest absolute Gasteiger partial charge is 0.161 e. The molecule has 3 heterocycles. The first-order chi connectivity index (χ1) is 10.7. The molecule has 22 heavy (non-hydrogen) atoms. The summed E-state index contributed by atoms with van der Waals surface area (Å²) >= 11 is 0. The fraction of sp³-hybridized carbons (Fsp3) is 0.500. The third-order valence-electron chi connectivity index (χ3n) is 5.05. The van der Waals surface area contributed by atoms with Gasteiger partial charge in [0.2, 0.25) is 0 Å². The number of hydrogen-bond donors (Lipinski definition) is 1. The first-order valence-corrected chi connectivity index (χ1v) is 7.73. The van der Waals surface area contributed by atoms with E-state index in [-0.39, 0.29) is 0 Å². The second-order valence-electron chi connectivity index (χ2n) is 6.40. The molecule has 2 fully saturated rings. The van der Waals surface area contributed by atoms with Gasteiger partial charge in [0.1, 0.15) is 5.82 Å². The first kappa shape index (κ1) is 13.8. The quantitative estimate of drug-likeness (QED) is 0.879. The largest absolute Gasteiger partial charge is 0.355 e. The lowest BCUT2D eigenvalue weighted by Gasteiger charge is -2.39. The third-order valence-corrected chi connectivity index (χ3v) is 5.05. The molecule has 116 valence electrons. The normalized spacial score (nSPS) is 20.9. The van der Waals surface area contributed by atoms with Crippen molar-refractivity contribution in [1.82, 2.24) is 15.3 Å². The predicted octanol–water partition coefficient (Wildman–Crippen LogP) is 2.49. The van der Waals surface area contributed by atoms with Gasteiger partial charge in [-0.1, -0.05) is 0 Å². The Morgan fingerprint density at radius 2 is 1.77 bits per heavy atom. The van der Waals surface area contributed by atoms with Crippen molar-refractivity contribution in [2.24, 2.45) is 5.41 Å². The Bertz CT molecular complexity index is 703. The zero-order valence-electron chi connectivity index (χ0n) is 12.3. The monoisotopic (exact) mass is 304 g/mol. The summed E-state index contributed by atoms with van der Waals surface area (Å²) in [6.45, 7) is 4.09. The van der Waals surface area contributed by atoms with Crippen molar-refractivity contribution in [2.75, 3.05) is 31.1 Å². The number of benzene rings is 1. The van der Waals surface area contributed by atoms with Crippen LogP contribution in [0, 0.1) is 17.0 Å². The molecule has 0 amide bonds. The summed E-state index contributed by atoms with van der Waals surface area (Å²) < 4.78 is 26.6. The van der Waals surface area contributed by atoms with E-state index in [1.807, 2.05) is 0 Å². The molecule has 4 nitrogen and oxygen atoms in total. The lowest BCUT2D eigenvalue weighted by atomic mass is 9.78. The van der Waals surface area contributed by atoms with E-state index in [4.69, 9.17) is 0 Å². The Morgan fingerprint density at radius 3 is 2.45 bits per heavy atom. The minimum atomic E-state index is -0.886. The van der Waals surface area contributed by atoms with Gasteiger partial charge in [-0.25, -0.2) is 13.8 Å². The minimum absolute atomic E-state index is 0.385. The number of hydrogen-bond acceptors (Lipinski definition) is 4. The highest BCUT2D eigenvalue weighted by molar-refractivity contribution is 5.75. The van der Waals surface area contributed by atoms with Crippen LogP contribution in [0.4, 0.5) is 14.6 Å². The molecule has 0 radical (unpaired) electrons. The van der Waals surface area contributed by atoms with E-state index in [0.717, 1.165) is 57.0 Å². The zero-order valence-corrected chi connectivity index (χ0v) is 12.3. The van der Waals surface area contributed by atoms with Gasteiger partial charge in [-0.2, -0.15) is 0 Å². The van der Waals surface area contributed by atoms with E-state index in [0.29, 0.717) is 16.4 Å². The number of fused-ring (bicyclic) bond motifs is 1. The maximum absolute atomic E-state index is 13.4. The number of rotatable bonds is 1. The highest BCUT2D eigenvalue weighted by atomic mass is 19.2. The van der Waals surface area contributed by atoms with Crippen LogP contribution in [0.2, 0.25) is 0 Å². The predicted molar refractivity (Wildman–Crippen MR) is 80.8 cm³/mol. The number of nitrogens with zero attached hydrogens (tertiary/aromatic N) is 3. The Labute approximate surface area is 127 Å². The molecule has 4 rings (SSSR count). The van der Waals surface area contributed by atoms with Crippen LogP contribution in [0.1, 0.15) is 19.3 Å². The standard InChI is InChI=1S/C16H18F2N4/c17-11-7-13-14(8-12(11)18)21-15(9-20-13)22-5-2-16(3-6-22)1-4-19-10-16/h7-9,19H,1-6,10H2. The van der Waals surface area contributed by atoms with Crippen molar-refractivity contribution in [3.05, 3.63) is 30.0 Å². The van der Waals surface area contributed by atoms with Gasteiger partial charge in [0.15, 0.2) is 11.6 Å². The summed E-state index contributed by atoms with van der Waals surface area (Å²) in [5, 5.41) is 3.45. The number of anilines is 1. The summed E-state index contributed by atoms with van der Waals surface area (Å²) in [6, 6.07) is 2.21. The molecule has 0 aliphatic carbocycles. The van der Waals surface area contributed by atoms with Crippen molar-refractivity contribution in [3.8, 4) is 0 Å². The Kier molecular flexibility index (Phi) is 3.22. The number of aromatic nitrogens is 2. The van der Waals surface area contributed by atoms with Gasteiger partial charge < -0.3 is 10.2 Å². The molecule has 2 saturated heterocycles. The Balaban J connectivity index is 1.58. The number of piperidine rings is 1. The lowest BCUT2D eigenvalue weighted by Crippen LogP contribution is -2.41. The van der Waals surface area contributed by atoms with Crippen LogP contribution >= 0.6 is 0 Å². The molecule has 0 atom stereocenters. The van der Waals surface area contributed by atoms with E-state index in [1.54, 1.807) is 6.20 Å². The average molecular weight is 304 g/mol. The molecule has 1 aromatic heterocycles. The molecule has 0 bridgehead atoms. The lowest BCUT2D eigenvalue weighted by molar-refractivity contribution is 0.247. The molecule has 0 unspecified atom stereocenters. The van der Waals surface area contributed by atoms with Crippen LogP contribution in [-0.2, 0) is 0 Å². The maximum atomic E-state index is 13.4. The van der Waals surface area contributed by atoms with Crippen LogP contribution < -0.4 is 10.2 Å². The second-order valence-corrected chi connectivity index (χ2v) is 6.40. The number of halogens is 2. The summed E-state index contributed by atoms with van der Waals surface area (Å²) in [5.74, 6) is -1.02. The van der Waals surface area contributed by atoms with Crippen LogP contribution in [0.3, 0.4) is 0 Å². The third kappa shape index (κ3) is 2.31. The molecular formula is C16H18F2N4. The van der Waals surface area contributed by atoms with Crippen molar-refractivity contribution in [2.45, 2.75) is 19.3 Å². The fourth-order valence-corrected chi connectivity index (χ4v) is 3.58. The molecule has 2 aliphatic heterocycles. The average Bonchev–Trinajstić information content (AvgIpc) is 2.97. The van der Waals surface area contributed by atoms with Crippen molar-refractivity contribution >= 4 is 16.9 Å². The van der Waals surface area contributed by atoms with E-state index in [1.165, 1.54) is 6.42 Å². The van der Waals surface area contributed by atoms with Crippen LogP contribution in [0.15, 0.2) is 18.3 Å². The van der Waals surface area contributed by atoms with Crippen molar-refractivity contribution < 1.29 is 8.78 Å². The maximum Gasteiger partial charge on any atom is 0.161 e. The van der Waals surface area contributed by atoms with E-state index in [9.17, 15) is 8.78 Å². The van der Waals surface area contributed by atoms with Gasteiger partial charge >= 0.3 is 0 Å². The van der Waals surface area contributed by atoms with Crippen LogP contribution in [0.5, 0.6) is 0 Å². The molecule has 2 aromatic rings. The molecule has 2 aliphatic rings. The van der Waals surface area contributed by atoms with Crippen molar-refractivity contribution in [1.29, 1.82) is 0 Å². The molecule has 1 aromatic carbocycles. The molecule has 0 saturated carbocycles. The second kappa shape index (κ2) is 5.12. The van der Waals surface area contributed by atoms with Crippen LogP contribution in [-0.4, -0.2) is 36.1 Å². The molecule has 1 N–H and O–H groups in total. The summed E-state index contributed by atoms with van der Waals surface area (Å²) in [5.41, 5.74) is 1.23. The topological polar surface area (TPSA) is 41.1 Å². The molecule has 6 heteroatoms.